The third-order valence-corrected chi connectivity index (χ3v) is 4.91. The molecule has 0 aromatic heterocycles. The van der Waals surface area contributed by atoms with Crippen LogP contribution in [0.3, 0.4) is 0 Å². The molecule has 1 saturated carbocycles. The van der Waals surface area contributed by atoms with Gasteiger partial charge in [0.25, 0.3) is 0 Å². The van der Waals surface area contributed by atoms with Gasteiger partial charge in [-0.15, -0.1) is 0 Å². The summed E-state index contributed by atoms with van der Waals surface area (Å²) < 4.78 is 0. The highest BCUT2D eigenvalue weighted by atomic mass is 14.3. The summed E-state index contributed by atoms with van der Waals surface area (Å²) >= 11 is 0. The average Bonchev–Trinajstić information content (AvgIpc) is 2.25. The summed E-state index contributed by atoms with van der Waals surface area (Å²) in [5.41, 5.74) is 1.03. The molecule has 0 aromatic rings. The van der Waals surface area contributed by atoms with E-state index in [0.29, 0.717) is 10.8 Å². The Balaban J connectivity index is 2.56. The Morgan fingerprint density at radius 1 is 0.529 bits per heavy atom. The largest absolute Gasteiger partial charge is 0.0599 e. The quantitative estimate of drug-likeness (QED) is 0.481. The van der Waals surface area contributed by atoms with Crippen LogP contribution in [0.1, 0.15) is 86.5 Å². The minimum absolute atomic E-state index is 0.515. The Morgan fingerprint density at radius 2 is 0.824 bits per heavy atom. The molecule has 1 fully saturated rings. The lowest BCUT2D eigenvalue weighted by molar-refractivity contribution is 0.191. The second-order valence-corrected chi connectivity index (χ2v) is 8.34. The second kappa shape index (κ2) is 5.76. The van der Waals surface area contributed by atoms with Crippen LogP contribution in [0.25, 0.3) is 0 Å². The highest BCUT2D eigenvalue weighted by Gasteiger charge is 2.28. The van der Waals surface area contributed by atoms with Gasteiger partial charge in [-0.1, -0.05) is 60.8 Å². The van der Waals surface area contributed by atoms with E-state index in [4.69, 9.17) is 0 Å². The molecule has 17 heavy (non-hydrogen) atoms. The van der Waals surface area contributed by atoms with Gasteiger partial charge >= 0.3 is 0 Å². The van der Waals surface area contributed by atoms with Gasteiger partial charge in [-0.25, -0.2) is 0 Å². The molecule has 102 valence electrons. The van der Waals surface area contributed by atoms with Gasteiger partial charge in [-0.2, -0.15) is 0 Å². The van der Waals surface area contributed by atoms with Crippen molar-refractivity contribution in [1.82, 2.24) is 0 Å². The summed E-state index contributed by atoms with van der Waals surface area (Å²) in [6.45, 7) is 14.6. The summed E-state index contributed by atoms with van der Waals surface area (Å²) in [6.07, 6.45) is 10.2. The summed E-state index contributed by atoms with van der Waals surface area (Å²) in [7, 11) is 0. The topological polar surface area (TPSA) is 0 Å². The first-order chi connectivity index (χ1) is 7.71. The zero-order chi connectivity index (χ0) is 13.1. The minimum Gasteiger partial charge on any atom is -0.0599 e. The van der Waals surface area contributed by atoms with Crippen LogP contribution in [-0.4, -0.2) is 0 Å². The van der Waals surface area contributed by atoms with Gasteiger partial charge in [0.1, 0.15) is 0 Å². The van der Waals surface area contributed by atoms with E-state index < -0.39 is 0 Å². The molecular formula is C17H34. The zero-order valence-corrected chi connectivity index (χ0v) is 13.1. The molecule has 0 nitrogen and oxygen atoms in total. The van der Waals surface area contributed by atoms with Gasteiger partial charge in [-0.05, 0) is 48.3 Å². The van der Waals surface area contributed by atoms with E-state index >= 15 is 0 Å². The lowest BCUT2D eigenvalue weighted by atomic mass is 9.74. The first-order valence-corrected chi connectivity index (χ1v) is 7.71. The molecule has 1 rings (SSSR count). The Hall–Kier alpha value is 0. The van der Waals surface area contributed by atoms with Gasteiger partial charge < -0.3 is 0 Å². The fraction of sp³-hybridized carbons (Fsp3) is 1.00. The maximum absolute atomic E-state index is 2.43. The second-order valence-electron chi connectivity index (χ2n) is 8.34. The smallest absolute Gasteiger partial charge is 0.0354 e. The molecule has 0 N–H and O–H groups in total. The SMILES string of the molecule is CC(C)(C)C1CCCCC(C(C)(C)C)CCC1. The van der Waals surface area contributed by atoms with E-state index in [1.807, 2.05) is 0 Å². The number of hydrogen-bond donors (Lipinski definition) is 0. The molecule has 1 aliphatic rings. The van der Waals surface area contributed by atoms with Crippen molar-refractivity contribution in [3.8, 4) is 0 Å². The van der Waals surface area contributed by atoms with Crippen LogP contribution in [0.2, 0.25) is 0 Å². The number of rotatable bonds is 0. The maximum Gasteiger partial charge on any atom is -0.0354 e. The van der Waals surface area contributed by atoms with E-state index in [1.165, 1.54) is 44.9 Å². The van der Waals surface area contributed by atoms with Crippen molar-refractivity contribution in [3.05, 3.63) is 0 Å². The molecule has 0 saturated heterocycles. The molecule has 0 aromatic carbocycles. The average molecular weight is 238 g/mol. The molecule has 1 aliphatic carbocycles. The van der Waals surface area contributed by atoms with E-state index in [2.05, 4.69) is 41.5 Å². The van der Waals surface area contributed by atoms with Crippen molar-refractivity contribution in [2.75, 3.05) is 0 Å². The summed E-state index contributed by atoms with van der Waals surface area (Å²) in [6, 6.07) is 0. The summed E-state index contributed by atoms with van der Waals surface area (Å²) in [5, 5.41) is 0. The molecule has 0 heterocycles. The predicted molar refractivity (Wildman–Crippen MR) is 78.2 cm³/mol. The summed E-state index contributed by atoms with van der Waals surface area (Å²) in [4.78, 5) is 0. The summed E-state index contributed by atoms with van der Waals surface area (Å²) in [5.74, 6) is 1.89. The monoisotopic (exact) mass is 238 g/mol. The third-order valence-electron chi connectivity index (χ3n) is 4.91. The van der Waals surface area contributed by atoms with Crippen molar-refractivity contribution in [1.29, 1.82) is 0 Å². The normalized spacial score (nSPS) is 29.3. The van der Waals surface area contributed by atoms with Crippen molar-refractivity contribution < 1.29 is 0 Å². The molecule has 2 atom stereocenters. The van der Waals surface area contributed by atoms with Gasteiger partial charge in [0.05, 0.1) is 0 Å². The molecular weight excluding hydrogens is 204 g/mol. The molecule has 0 heteroatoms. The van der Waals surface area contributed by atoms with Gasteiger partial charge in [-0.3, -0.25) is 0 Å². The molecule has 2 unspecified atom stereocenters. The Bertz CT molecular complexity index is 189. The lowest BCUT2D eigenvalue weighted by Gasteiger charge is -2.32. The van der Waals surface area contributed by atoms with E-state index in [1.54, 1.807) is 0 Å². The fourth-order valence-electron chi connectivity index (χ4n) is 3.41. The number of hydrogen-bond acceptors (Lipinski definition) is 0. The van der Waals surface area contributed by atoms with Crippen LogP contribution in [0.15, 0.2) is 0 Å². The zero-order valence-electron chi connectivity index (χ0n) is 13.1. The van der Waals surface area contributed by atoms with Gasteiger partial charge in [0.2, 0.25) is 0 Å². The van der Waals surface area contributed by atoms with Gasteiger partial charge in [0, 0.05) is 0 Å². The molecule has 0 aliphatic heterocycles. The standard InChI is InChI=1S/C17H34/c1-16(2,3)14-10-7-8-11-15(13-9-12-14)17(4,5)6/h14-15H,7-13H2,1-6H3. The van der Waals surface area contributed by atoms with Crippen LogP contribution in [-0.2, 0) is 0 Å². The highest BCUT2D eigenvalue weighted by molar-refractivity contribution is 4.79. The molecule has 0 amide bonds. The lowest BCUT2D eigenvalue weighted by Crippen LogP contribution is -2.21. The predicted octanol–water partition coefficient (Wildman–Crippen LogP) is 6.06. The molecule has 0 radical (unpaired) electrons. The van der Waals surface area contributed by atoms with E-state index in [9.17, 15) is 0 Å². The Labute approximate surface area is 110 Å². The van der Waals surface area contributed by atoms with Crippen molar-refractivity contribution in [2.24, 2.45) is 22.7 Å². The van der Waals surface area contributed by atoms with Crippen molar-refractivity contribution in [2.45, 2.75) is 86.5 Å². The van der Waals surface area contributed by atoms with Crippen molar-refractivity contribution in [3.63, 3.8) is 0 Å². The highest BCUT2D eigenvalue weighted by Crippen LogP contribution is 2.40. The Morgan fingerprint density at radius 3 is 1.12 bits per heavy atom. The van der Waals surface area contributed by atoms with Crippen LogP contribution in [0.4, 0.5) is 0 Å². The van der Waals surface area contributed by atoms with E-state index in [0.717, 1.165) is 11.8 Å². The third kappa shape index (κ3) is 5.02. The van der Waals surface area contributed by atoms with Crippen LogP contribution < -0.4 is 0 Å². The molecule has 0 spiro atoms. The Kier molecular flexibility index (Phi) is 5.10. The van der Waals surface area contributed by atoms with Crippen LogP contribution >= 0.6 is 0 Å². The molecule has 0 bridgehead atoms. The maximum atomic E-state index is 2.43. The van der Waals surface area contributed by atoms with Crippen molar-refractivity contribution >= 4 is 0 Å². The van der Waals surface area contributed by atoms with Gasteiger partial charge in [0.15, 0.2) is 0 Å². The first-order valence-electron chi connectivity index (χ1n) is 7.71. The fourth-order valence-corrected chi connectivity index (χ4v) is 3.41. The van der Waals surface area contributed by atoms with Crippen LogP contribution in [0, 0.1) is 22.7 Å². The minimum atomic E-state index is 0.515. The van der Waals surface area contributed by atoms with Crippen LogP contribution in [0.5, 0.6) is 0 Å². The first kappa shape index (κ1) is 15.1. The van der Waals surface area contributed by atoms with E-state index in [-0.39, 0.29) is 0 Å².